The third-order valence-corrected chi connectivity index (χ3v) is 1.27. The number of Topliss-reactive ketones (excluding diaryl/α,β-unsaturated/α-hetero) is 1. The molecule has 2 radical (unpaired) electrons. The third kappa shape index (κ3) is 1.68. The Bertz CT molecular complexity index is 179. The Morgan fingerprint density at radius 1 is 1.78 bits per heavy atom. The number of ketones is 1. The lowest BCUT2D eigenvalue weighted by atomic mass is 10.1. The van der Waals surface area contributed by atoms with E-state index in [1.807, 2.05) is 0 Å². The maximum absolute atomic E-state index is 10.6. The molecule has 2 heteroatoms. The summed E-state index contributed by atoms with van der Waals surface area (Å²) in [6.45, 7) is 0. The van der Waals surface area contributed by atoms with Gasteiger partial charge in [-0.3, -0.25) is 4.79 Å². The third-order valence-electron chi connectivity index (χ3n) is 0.983. The van der Waals surface area contributed by atoms with Crippen LogP contribution in [0.2, 0.25) is 0 Å². The van der Waals surface area contributed by atoms with Crippen molar-refractivity contribution in [3.05, 3.63) is 23.8 Å². The van der Waals surface area contributed by atoms with E-state index in [0.717, 1.165) is 5.57 Å². The molecule has 0 atom stereocenters. The van der Waals surface area contributed by atoms with Crippen LogP contribution in [-0.4, -0.2) is 11.7 Å². The van der Waals surface area contributed by atoms with Crippen molar-refractivity contribution in [1.82, 2.24) is 0 Å². The van der Waals surface area contributed by atoms with Crippen molar-refractivity contribution in [3.63, 3.8) is 0 Å². The largest absolute Gasteiger partial charge is 0.294 e. The first-order valence-corrected chi connectivity index (χ1v) is 3.14. The van der Waals surface area contributed by atoms with Crippen LogP contribution in [0.1, 0.15) is 6.42 Å². The predicted octanol–water partition coefficient (Wildman–Crippen LogP) is 1.29. The fraction of sp³-hybridized carbons (Fsp3) is 0.286. The summed E-state index contributed by atoms with van der Waals surface area (Å²) >= 11 is 5.42. The first kappa shape index (κ1) is 6.56. The van der Waals surface area contributed by atoms with Gasteiger partial charge in [-0.05, 0) is 11.6 Å². The molecule has 0 saturated carbocycles. The van der Waals surface area contributed by atoms with E-state index in [4.69, 9.17) is 11.6 Å². The molecule has 0 aliphatic heterocycles. The van der Waals surface area contributed by atoms with Gasteiger partial charge in [0.15, 0.2) is 5.78 Å². The summed E-state index contributed by atoms with van der Waals surface area (Å²) in [6, 6.07) is 0. The molecule has 0 aromatic heterocycles. The molecule has 1 aliphatic carbocycles. The number of allylic oxidation sites excluding steroid dienone is 4. The number of carbonyl (C=O) groups excluding carboxylic acids is 1. The lowest BCUT2D eigenvalue weighted by Crippen LogP contribution is -1.99. The fourth-order valence-corrected chi connectivity index (χ4v) is 0.742. The van der Waals surface area contributed by atoms with Gasteiger partial charge in [0.2, 0.25) is 0 Å². The first-order chi connectivity index (χ1) is 4.33. The van der Waals surface area contributed by atoms with Crippen LogP contribution in [0.3, 0.4) is 0 Å². The van der Waals surface area contributed by atoms with Crippen LogP contribution in [0, 0.1) is 12.2 Å². The van der Waals surface area contributed by atoms with Crippen molar-refractivity contribution < 1.29 is 4.79 Å². The average molecular weight is 141 g/mol. The number of rotatable bonds is 1. The lowest BCUT2D eigenvalue weighted by molar-refractivity contribution is -0.114. The van der Waals surface area contributed by atoms with Gasteiger partial charge in [-0.25, -0.2) is 0 Å². The molecule has 0 fully saturated rings. The first-order valence-electron chi connectivity index (χ1n) is 2.61. The molecule has 0 spiro atoms. The Labute approximate surface area is 59.0 Å². The minimum absolute atomic E-state index is 0.0341. The molecule has 9 heavy (non-hydrogen) atoms. The average Bonchev–Trinajstić information content (AvgIpc) is 1.88. The highest BCUT2D eigenvalue weighted by atomic mass is 35.5. The number of carbonyl (C=O) groups is 1. The van der Waals surface area contributed by atoms with E-state index in [-0.39, 0.29) is 5.78 Å². The normalized spacial score (nSPS) is 17.9. The molecule has 0 aromatic carbocycles. The molecule has 0 bridgehead atoms. The smallest absolute Gasteiger partial charge is 0.168 e. The van der Waals surface area contributed by atoms with Gasteiger partial charge in [-0.1, -0.05) is 6.08 Å². The minimum Gasteiger partial charge on any atom is -0.294 e. The molecule has 1 nitrogen and oxygen atoms in total. The van der Waals surface area contributed by atoms with Crippen molar-refractivity contribution >= 4 is 17.4 Å². The summed E-state index contributed by atoms with van der Waals surface area (Å²) in [7, 11) is 0. The lowest BCUT2D eigenvalue weighted by Gasteiger charge is -1.97. The standard InChI is InChI=1S/C7H5ClO/c8-5-6-2-1-3-7(9)4-6/h2H,3,5H2. The maximum atomic E-state index is 10.6. The minimum atomic E-state index is -0.0341. The Morgan fingerprint density at radius 2 is 2.56 bits per heavy atom. The zero-order valence-corrected chi connectivity index (χ0v) is 5.53. The molecular weight excluding hydrogens is 136 g/mol. The summed E-state index contributed by atoms with van der Waals surface area (Å²) in [5, 5.41) is 0. The van der Waals surface area contributed by atoms with Crippen LogP contribution in [0.5, 0.6) is 0 Å². The Morgan fingerprint density at radius 3 is 3.00 bits per heavy atom. The van der Waals surface area contributed by atoms with Crippen LogP contribution in [0.25, 0.3) is 0 Å². The summed E-state index contributed by atoms with van der Waals surface area (Å²) in [5.41, 5.74) is 0.730. The van der Waals surface area contributed by atoms with Crippen LogP contribution in [-0.2, 0) is 4.79 Å². The van der Waals surface area contributed by atoms with E-state index in [1.165, 1.54) is 0 Å². The highest BCUT2D eigenvalue weighted by molar-refractivity contribution is 6.20. The van der Waals surface area contributed by atoms with Gasteiger partial charge in [-0.15, -0.1) is 11.6 Å². The summed E-state index contributed by atoms with van der Waals surface area (Å²) < 4.78 is 0. The molecule has 1 rings (SSSR count). The number of hydrogen-bond donors (Lipinski definition) is 0. The van der Waals surface area contributed by atoms with Gasteiger partial charge in [0.05, 0.1) is 0 Å². The summed E-state index contributed by atoms with van der Waals surface area (Å²) in [5.74, 6) is 0.312. The molecule has 0 saturated heterocycles. The van der Waals surface area contributed by atoms with E-state index in [2.05, 4.69) is 12.2 Å². The molecule has 0 amide bonds. The second kappa shape index (κ2) is 2.83. The fourth-order valence-electron chi connectivity index (χ4n) is 0.598. The van der Waals surface area contributed by atoms with Crippen molar-refractivity contribution in [2.45, 2.75) is 6.42 Å². The van der Waals surface area contributed by atoms with Gasteiger partial charge in [-0.2, -0.15) is 0 Å². The van der Waals surface area contributed by atoms with E-state index >= 15 is 0 Å². The zero-order valence-electron chi connectivity index (χ0n) is 4.78. The molecule has 1 aliphatic rings. The highest BCUT2D eigenvalue weighted by Gasteiger charge is 2.02. The van der Waals surface area contributed by atoms with Crippen LogP contribution < -0.4 is 0 Å². The Hall–Kier alpha value is -0.560. The molecule has 0 unspecified atom stereocenters. The van der Waals surface area contributed by atoms with Crippen molar-refractivity contribution in [1.29, 1.82) is 0 Å². The molecule has 0 N–H and O–H groups in total. The molecular formula is C7H5ClO. The van der Waals surface area contributed by atoms with E-state index in [1.54, 1.807) is 6.08 Å². The number of halogens is 1. The quantitative estimate of drug-likeness (QED) is 0.502. The van der Waals surface area contributed by atoms with Crippen LogP contribution in [0.15, 0.2) is 11.6 Å². The van der Waals surface area contributed by atoms with E-state index < -0.39 is 0 Å². The van der Waals surface area contributed by atoms with Gasteiger partial charge in [0.1, 0.15) is 0 Å². The van der Waals surface area contributed by atoms with E-state index in [0.29, 0.717) is 12.3 Å². The topological polar surface area (TPSA) is 17.1 Å². The van der Waals surface area contributed by atoms with Gasteiger partial charge in [0, 0.05) is 18.4 Å². The van der Waals surface area contributed by atoms with Gasteiger partial charge >= 0.3 is 0 Å². The SMILES string of the molecule is O=C1[C]=C(CCl)C=[C]C1. The Kier molecular flexibility index (Phi) is 2.06. The summed E-state index contributed by atoms with van der Waals surface area (Å²) in [6.07, 6.45) is 7.42. The summed E-state index contributed by atoms with van der Waals surface area (Å²) in [4.78, 5) is 10.6. The molecule has 0 aromatic rings. The monoisotopic (exact) mass is 140 g/mol. The van der Waals surface area contributed by atoms with E-state index in [9.17, 15) is 4.79 Å². The predicted molar refractivity (Wildman–Crippen MR) is 34.9 cm³/mol. The maximum Gasteiger partial charge on any atom is 0.168 e. The number of hydrogen-bond acceptors (Lipinski definition) is 1. The second-order valence-corrected chi connectivity index (χ2v) is 2.00. The number of alkyl halides is 1. The molecule has 0 heterocycles. The second-order valence-electron chi connectivity index (χ2n) is 1.73. The highest BCUT2D eigenvalue weighted by Crippen LogP contribution is 2.05. The molecule has 46 valence electrons. The van der Waals surface area contributed by atoms with Crippen LogP contribution >= 0.6 is 11.6 Å². The van der Waals surface area contributed by atoms with Gasteiger partial charge in [0.25, 0.3) is 0 Å². The van der Waals surface area contributed by atoms with Crippen molar-refractivity contribution in [2.75, 3.05) is 5.88 Å². The zero-order chi connectivity index (χ0) is 6.69. The van der Waals surface area contributed by atoms with Gasteiger partial charge < -0.3 is 0 Å². The van der Waals surface area contributed by atoms with Crippen molar-refractivity contribution in [3.8, 4) is 0 Å². The van der Waals surface area contributed by atoms with Crippen molar-refractivity contribution in [2.24, 2.45) is 0 Å². The Balaban J connectivity index is 2.70. The van der Waals surface area contributed by atoms with Crippen LogP contribution in [0.4, 0.5) is 0 Å².